The standard InChI is InChI=1S/C19H24FN3O2/c1-4-21-19(22-13-14-6-8-15(20)9-7-14)23-16-10-11-17(25-5-2)18(12-16)24-3/h6-12H,4-5,13H2,1-3H3,(H2,21,22,23). The number of benzene rings is 2. The van der Waals surface area contributed by atoms with E-state index in [1.165, 1.54) is 12.1 Å². The fraction of sp³-hybridized carbons (Fsp3) is 0.316. The molecule has 5 nitrogen and oxygen atoms in total. The lowest BCUT2D eigenvalue weighted by Gasteiger charge is -2.14. The number of hydrogen-bond acceptors (Lipinski definition) is 3. The molecule has 6 heteroatoms. The van der Waals surface area contributed by atoms with Crippen LogP contribution in [0.2, 0.25) is 0 Å². The number of nitrogens with zero attached hydrogens (tertiary/aromatic N) is 1. The van der Waals surface area contributed by atoms with Gasteiger partial charge in [-0.25, -0.2) is 9.38 Å². The molecule has 2 aromatic rings. The molecule has 0 unspecified atom stereocenters. The van der Waals surface area contributed by atoms with Gasteiger partial charge in [0.15, 0.2) is 17.5 Å². The summed E-state index contributed by atoms with van der Waals surface area (Å²) in [4.78, 5) is 4.52. The molecule has 0 amide bonds. The van der Waals surface area contributed by atoms with E-state index in [0.717, 1.165) is 17.8 Å². The molecule has 2 rings (SSSR count). The molecule has 0 spiro atoms. The summed E-state index contributed by atoms with van der Waals surface area (Å²) >= 11 is 0. The van der Waals surface area contributed by atoms with Gasteiger partial charge < -0.3 is 20.1 Å². The SMILES string of the molecule is CCNC(=NCc1ccc(F)cc1)Nc1ccc(OCC)c(OC)c1. The second kappa shape index (κ2) is 9.52. The molecule has 0 aromatic heterocycles. The van der Waals surface area contributed by atoms with Crippen molar-refractivity contribution in [2.24, 2.45) is 4.99 Å². The van der Waals surface area contributed by atoms with Crippen LogP contribution < -0.4 is 20.1 Å². The highest BCUT2D eigenvalue weighted by atomic mass is 19.1. The van der Waals surface area contributed by atoms with Gasteiger partial charge in [0, 0.05) is 18.3 Å². The van der Waals surface area contributed by atoms with Crippen LogP contribution in [0, 0.1) is 5.82 Å². The van der Waals surface area contributed by atoms with Crippen LogP contribution in [0.4, 0.5) is 10.1 Å². The number of guanidine groups is 1. The van der Waals surface area contributed by atoms with Crippen LogP contribution in [-0.4, -0.2) is 26.2 Å². The Kier molecular flexibility index (Phi) is 7.07. The van der Waals surface area contributed by atoms with E-state index < -0.39 is 0 Å². The maximum absolute atomic E-state index is 13.0. The second-order valence-corrected chi connectivity index (χ2v) is 5.25. The predicted octanol–water partition coefficient (Wildman–Crippen LogP) is 3.81. The molecule has 2 N–H and O–H groups in total. The molecule has 134 valence electrons. The van der Waals surface area contributed by atoms with Crippen LogP contribution in [-0.2, 0) is 6.54 Å². The Labute approximate surface area is 147 Å². The van der Waals surface area contributed by atoms with Gasteiger partial charge in [0.1, 0.15) is 5.82 Å². The molecular formula is C19H24FN3O2. The van der Waals surface area contributed by atoms with Gasteiger partial charge in [-0.05, 0) is 43.7 Å². The molecule has 0 aliphatic carbocycles. The monoisotopic (exact) mass is 345 g/mol. The zero-order valence-electron chi connectivity index (χ0n) is 14.8. The van der Waals surface area contributed by atoms with Crippen molar-refractivity contribution >= 4 is 11.6 Å². The van der Waals surface area contributed by atoms with Crippen molar-refractivity contribution < 1.29 is 13.9 Å². The van der Waals surface area contributed by atoms with Gasteiger partial charge in [-0.15, -0.1) is 0 Å². The molecule has 0 heterocycles. The van der Waals surface area contributed by atoms with Crippen molar-refractivity contribution in [2.75, 3.05) is 25.6 Å². The predicted molar refractivity (Wildman–Crippen MR) is 99.0 cm³/mol. The minimum Gasteiger partial charge on any atom is -0.493 e. The maximum atomic E-state index is 13.0. The molecule has 0 aliphatic rings. The number of aliphatic imine (C=N–C) groups is 1. The zero-order valence-corrected chi connectivity index (χ0v) is 14.8. The zero-order chi connectivity index (χ0) is 18.1. The maximum Gasteiger partial charge on any atom is 0.196 e. The molecule has 25 heavy (non-hydrogen) atoms. The quantitative estimate of drug-likeness (QED) is 0.592. The number of hydrogen-bond donors (Lipinski definition) is 2. The first-order valence-corrected chi connectivity index (χ1v) is 8.26. The lowest BCUT2D eigenvalue weighted by Crippen LogP contribution is -2.30. The lowest BCUT2D eigenvalue weighted by atomic mass is 10.2. The van der Waals surface area contributed by atoms with E-state index in [-0.39, 0.29) is 5.82 Å². The van der Waals surface area contributed by atoms with E-state index in [1.54, 1.807) is 19.2 Å². The minimum atomic E-state index is -0.251. The summed E-state index contributed by atoms with van der Waals surface area (Å²) in [5, 5.41) is 6.42. The smallest absolute Gasteiger partial charge is 0.196 e. The Bertz CT molecular complexity index is 702. The van der Waals surface area contributed by atoms with Crippen molar-refractivity contribution in [1.29, 1.82) is 0 Å². The van der Waals surface area contributed by atoms with Gasteiger partial charge in [0.05, 0.1) is 20.3 Å². The highest BCUT2D eigenvalue weighted by Crippen LogP contribution is 2.30. The van der Waals surface area contributed by atoms with Crippen molar-refractivity contribution in [3.63, 3.8) is 0 Å². The average molecular weight is 345 g/mol. The number of nitrogens with one attached hydrogen (secondary N) is 2. The molecule has 0 bridgehead atoms. The molecular weight excluding hydrogens is 321 g/mol. The largest absolute Gasteiger partial charge is 0.493 e. The van der Waals surface area contributed by atoms with Crippen LogP contribution in [0.3, 0.4) is 0 Å². The highest BCUT2D eigenvalue weighted by Gasteiger charge is 2.07. The Morgan fingerprint density at radius 3 is 2.48 bits per heavy atom. The van der Waals surface area contributed by atoms with Gasteiger partial charge in [0.25, 0.3) is 0 Å². The van der Waals surface area contributed by atoms with Gasteiger partial charge in [-0.3, -0.25) is 0 Å². The summed E-state index contributed by atoms with van der Waals surface area (Å²) in [6.45, 7) is 5.67. The number of anilines is 1. The van der Waals surface area contributed by atoms with Crippen molar-refractivity contribution in [2.45, 2.75) is 20.4 Å². The van der Waals surface area contributed by atoms with Gasteiger partial charge in [-0.1, -0.05) is 12.1 Å². The third-order valence-electron chi connectivity index (χ3n) is 3.40. The Morgan fingerprint density at radius 1 is 1.08 bits per heavy atom. The Hall–Kier alpha value is -2.76. The molecule has 0 saturated carbocycles. The molecule has 0 atom stereocenters. The van der Waals surface area contributed by atoms with Crippen molar-refractivity contribution in [3.05, 3.63) is 53.8 Å². The third kappa shape index (κ3) is 5.67. The Morgan fingerprint density at radius 2 is 1.84 bits per heavy atom. The molecule has 0 radical (unpaired) electrons. The lowest BCUT2D eigenvalue weighted by molar-refractivity contribution is 0.311. The average Bonchev–Trinajstić information content (AvgIpc) is 2.62. The third-order valence-corrected chi connectivity index (χ3v) is 3.40. The normalized spacial score (nSPS) is 11.1. The van der Waals surface area contributed by atoms with Crippen molar-refractivity contribution in [1.82, 2.24) is 5.32 Å². The first-order valence-electron chi connectivity index (χ1n) is 8.26. The topological polar surface area (TPSA) is 54.9 Å². The second-order valence-electron chi connectivity index (χ2n) is 5.25. The van der Waals surface area contributed by atoms with Crippen LogP contribution in [0.5, 0.6) is 11.5 Å². The van der Waals surface area contributed by atoms with Crippen molar-refractivity contribution in [3.8, 4) is 11.5 Å². The summed E-state index contributed by atoms with van der Waals surface area (Å²) in [7, 11) is 1.61. The summed E-state index contributed by atoms with van der Waals surface area (Å²) in [6.07, 6.45) is 0. The summed E-state index contributed by atoms with van der Waals surface area (Å²) in [5.41, 5.74) is 1.77. The summed E-state index contributed by atoms with van der Waals surface area (Å²) in [5.74, 6) is 1.74. The minimum absolute atomic E-state index is 0.251. The van der Waals surface area contributed by atoms with Gasteiger partial charge in [0.2, 0.25) is 0 Å². The fourth-order valence-corrected chi connectivity index (χ4v) is 2.22. The van der Waals surface area contributed by atoms with Crippen LogP contribution in [0.1, 0.15) is 19.4 Å². The number of halogens is 1. The van der Waals surface area contributed by atoms with E-state index >= 15 is 0 Å². The fourth-order valence-electron chi connectivity index (χ4n) is 2.22. The summed E-state index contributed by atoms with van der Waals surface area (Å²) < 4.78 is 23.9. The van der Waals surface area contributed by atoms with Gasteiger partial charge in [-0.2, -0.15) is 0 Å². The first kappa shape index (κ1) is 18.6. The molecule has 0 saturated heterocycles. The van der Waals surface area contributed by atoms with E-state index in [4.69, 9.17) is 9.47 Å². The number of rotatable bonds is 7. The van der Waals surface area contributed by atoms with Crippen LogP contribution in [0.15, 0.2) is 47.5 Å². The van der Waals surface area contributed by atoms with Crippen LogP contribution in [0.25, 0.3) is 0 Å². The van der Waals surface area contributed by atoms with Gasteiger partial charge >= 0.3 is 0 Å². The number of ether oxygens (including phenoxy) is 2. The van der Waals surface area contributed by atoms with E-state index in [1.807, 2.05) is 32.0 Å². The molecule has 2 aromatic carbocycles. The van der Waals surface area contributed by atoms with E-state index in [9.17, 15) is 4.39 Å². The number of methoxy groups -OCH3 is 1. The van der Waals surface area contributed by atoms with Crippen LogP contribution >= 0.6 is 0 Å². The highest BCUT2D eigenvalue weighted by molar-refractivity contribution is 5.93. The Balaban J connectivity index is 2.12. The van der Waals surface area contributed by atoms with E-state index in [2.05, 4.69) is 15.6 Å². The molecule has 0 fully saturated rings. The molecule has 0 aliphatic heterocycles. The first-order chi connectivity index (χ1) is 12.2. The van der Waals surface area contributed by atoms with E-state index in [0.29, 0.717) is 30.6 Å². The summed E-state index contributed by atoms with van der Waals surface area (Å²) in [6, 6.07) is 11.9.